The Kier molecular flexibility index (Phi) is 5.35. The molecule has 0 aromatic carbocycles. The molecule has 1 unspecified atom stereocenters. The number of rotatable bonds is 5. The van der Waals surface area contributed by atoms with Crippen LogP contribution in [0.25, 0.3) is 0 Å². The smallest absolute Gasteiger partial charge is 0.0717 e. The van der Waals surface area contributed by atoms with Gasteiger partial charge in [0.1, 0.15) is 0 Å². The first-order chi connectivity index (χ1) is 9.55. The predicted molar refractivity (Wildman–Crippen MR) is 87.5 cm³/mol. The fraction of sp³-hybridized carbons (Fsp3) is 0.429. The highest BCUT2D eigenvalue weighted by Crippen LogP contribution is 2.25. The Morgan fingerprint density at radius 1 is 1.30 bits per heavy atom. The molecule has 0 saturated heterocycles. The minimum absolute atomic E-state index is 0.149. The van der Waals surface area contributed by atoms with Crippen molar-refractivity contribution >= 4 is 31.9 Å². The standard InChI is InChI=1S/C14H18Br2N4/c1-3-10-6-11(20(4-2)19-10)7-13(17)14-12(16)5-9(15)8-18-14/h5-6,8,13H,3-4,7,17H2,1-2H3. The van der Waals surface area contributed by atoms with Crippen LogP contribution in [0.1, 0.15) is 37.0 Å². The van der Waals surface area contributed by atoms with E-state index in [1.54, 1.807) is 6.20 Å². The lowest BCUT2D eigenvalue weighted by Crippen LogP contribution is -2.18. The van der Waals surface area contributed by atoms with Crippen molar-refractivity contribution in [3.05, 3.63) is 44.4 Å². The molecule has 2 aromatic heterocycles. The molecule has 0 fully saturated rings. The average molecular weight is 402 g/mol. The molecule has 108 valence electrons. The third-order valence-electron chi connectivity index (χ3n) is 3.19. The molecule has 0 aliphatic carbocycles. The topological polar surface area (TPSA) is 56.7 Å². The highest BCUT2D eigenvalue weighted by molar-refractivity contribution is 9.11. The number of hydrogen-bond donors (Lipinski definition) is 1. The summed E-state index contributed by atoms with van der Waals surface area (Å²) < 4.78 is 3.88. The predicted octanol–water partition coefficient (Wildman–Crippen LogP) is 3.63. The van der Waals surface area contributed by atoms with Gasteiger partial charge in [-0.1, -0.05) is 6.92 Å². The zero-order valence-corrected chi connectivity index (χ0v) is 14.8. The van der Waals surface area contributed by atoms with Gasteiger partial charge in [0.15, 0.2) is 0 Å². The van der Waals surface area contributed by atoms with Crippen LogP contribution in [0.15, 0.2) is 27.3 Å². The molecule has 0 bridgehead atoms. The van der Waals surface area contributed by atoms with Gasteiger partial charge in [-0.05, 0) is 57.3 Å². The summed E-state index contributed by atoms with van der Waals surface area (Å²) in [5.41, 5.74) is 9.44. The Bertz CT molecular complexity index is 595. The van der Waals surface area contributed by atoms with Gasteiger partial charge in [0.05, 0.1) is 17.4 Å². The third kappa shape index (κ3) is 3.48. The summed E-state index contributed by atoms with van der Waals surface area (Å²) in [7, 11) is 0. The second-order valence-electron chi connectivity index (χ2n) is 4.63. The number of halogens is 2. The molecule has 0 radical (unpaired) electrons. The van der Waals surface area contributed by atoms with Gasteiger partial charge in [0.2, 0.25) is 0 Å². The normalized spacial score (nSPS) is 12.7. The Balaban J connectivity index is 2.22. The first-order valence-corrected chi connectivity index (χ1v) is 8.25. The summed E-state index contributed by atoms with van der Waals surface area (Å²) in [6, 6.07) is 3.96. The Morgan fingerprint density at radius 3 is 2.65 bits per heavy atom. The van der Waals surface area contributed by atoms with E-state index in [-0.39, 0.29) is 6.04 Å². The maximum absolute atomic E-state index is 6.30. The average Bonchev–Trinajstić information content (AvgIpc) is 2.80. The molecule has 4 nitrogen and oxygen atoms in total. The van der Waals surface area contributed by atoms with Crippen molar-refractivity contribution < 1.29 is 0 Å². The van der Waals surface area contributed by atoms with E-state index in [4.69, 9.17) is 5.73 Å². The lowest BCUT2D eigenvalue weighted by atomic mass is 10.1. The van der Waals surface area contributed by atoms with E-state index in [1.807, 2.05) is 10.7 Å². The van der Waals surface area contributed by atoms with Crippen LogP contribution < -0.4 is 5.73 Å². The maximum Gasteiger partial charge on any atom is 0.0717 e. The van der Waals surface area contributed by atoms with Gasteiger partial charge in [-0.2, -0.15) is 5.10 Å². The van der Waals surface area contributed by atoms with Gasteiger partial charge in [-0.25, -0.2) is 0 Å². The van der Waals surface area contributed by atoms with Crippen LogP contribution in [0, 0.1) is 0 Å². The first-order valence-electron chi connectivity index (χ1n) is 6.67. The lowest BCUT2D eigenvalue weighted by molar-refractivity contribution is 0.579. The minimum Gasteiger partial charge on any atom is -0.322 e. The van der Waals surface area contributed by atoms with Crippen molar-refractivity contribution in [2.45, 2.75) is 39.3 Å². The second-order valence-corrected chi connectivity index (χ2v) is 6.40. The molecule has 0 saturated carbocycles. The monoisotopic (exact) mass is 400 g/mol. The lowest BCUT2D eigenvalue weighted by Gasteiger charge is -2.13. The quantitative estimate of drug-likeness (QED) is 0.832. The van der Waals surface area contributed by atoms with Crippen LogP contribution in [-0.2, 0) is 19.4 Å². The Morgan fingerprint density at radius 2 is 2.05 bits per heavy atom. The summed E-state index contributed by atoms with van der Waals surface area (Å²) in [4.78, 5) is 4.41. The number of nitrogens with two attached hydrogens (primary N) is 1. The van der Waals surface area contributed by atoms with Crippen LogP contribution in [0.3, 0.4) is 0 Å². The summed E-state index contributed by atoms with van der Waals surface area (Å²) in [6.45, 7) is 5.06. The summed E-state index contributed by atoms with van der Waals surface area (Å²) in [5.74, 6) is 0. The number of aromatic nitrogens is 3. The van der Waals surface area contributed by atoms with Crippen molar-refractivity contribution in [1.82, 2.24) is 14.8 Å². The highest BCUT2D eigenvalue weighted by Gasteiger charge is 2.16. The van der Waals surface area contributed by atoms with Crippen LogP contribution in [0.2, 0.25) is 0 Å². The van der Waals surface area contributed by atoms with Gasteiger partial charge in [-0.3, -0.25) is 9.67 Å². The molecule has 0 spiro atoms. The number of hydrogen-bond acceptors (Lipinski definition) is 3. The SMILES string of the molecule is CCc1cc(CC(N)c2ncc(Br)cc2Br)n(CC)n1. The fourth-order valence-electron chi connectivity index (χ4n) is 2.15. The molecular formula is C14H18Br2N4. The minimum atomic E-state index is -0.149. The van der Waals surface area contributed by atoms with Gasteiger partial charge < -0.3 is 5.73 Å². The molecule has 0 amide bonds. The molecule has 2 N–H and O–H groups in total. The van der Waals surface area contributed by atoms with Crippen LogP contribution in [0.5, 0.6) is 0 Å². The largest absolute Gasteiger partial charge is 0.322 e. The highest BCUT2D eigenvalue weighted by atomic mass is 79.9. The summed E-state index contributed by atoms with van der Waals surface area (Å²) in [6.07, 6.45) is 3.44. The Hall–Kier alpha value is -0.720. The van der Waals surface area contributed by atoms with E-state index in [2.05, 4.69) is 61.9 Å². The van der Waals surface area contributed by atoms with E-state index < -0.39 is 0 Å². The van der Waals surface area contributed by atoms with Crippen molar-refractivity contribution in [2.24, 2.45) is 5.73 Å². The van der Waals surface area contributed by atoms with Gasteiger partial charge in [0.25, 0.3) is 0 Å². The molecule has 6 heteroatoms. The van der Waals surface area contributed by atoms with E-state index in [9.17, 15) is 0 Å². The molecule has 2 rings (SSSR count). The van der Waals surface area contributed by atoms with Crippen molar-refractivity contribution in [1.29, 1.82) is 0 Å². The number of aryl methyl sites for hydroxylation is 2. The molecule has 20 heavy (non-hydrogen) atoms. The molecule has 1 atom stereocenters. The van der Waals surface area contributed by atoms with Crippen molar-refractivity contribution in [2.75, 3.05) is 0 Å². The van der Waals surface area contributed by atoms with Crippen LogP contribution in [-0.4, -0.2) is 14.8 Å². The zero-order valence-electron chi connectivity index (χ0n) is 11.6. The van der Waals surface area contributed by atoms with Crippen LogP contribution >= 0.6 is 31.9 Å². The first kappa shape index (κ1) is 15.7. The van der Waals surface area contributed by atoms with E-state index in [1.165, 1.54) is 0 Å². The summed E-state index contributed by atoms with van der Waals surface area (Å²) >= 11 is 6.92. The number of nitrogens with zero attached hydrogens (tertiary/aromatic N) is 3. The third-order valence-corrected chi connectivity index (χ3v) is 4.26. The zero-order chi connectivity index (χ0) is 14.7. The van der Waals surface area contributed by atoms with Gasteiger partial charge >= 0.3 is 0 Å². The fourth-order valence-corrected chi connectivity index (χ4v) is 3.43. The molecule has 0 aliphatic rings. The molecule has 0 aliphatic heterocycles. The maximum atomic E-state index is 6.30. The van der Waals surface area contributed by atoms with E-state index >= 15 is 0 Å². The molecule has 2 heterocycles. The van der Waals surface area contributed by atoms with Gasteiger partial charge in [0, 0.05) is 33.8 Å². The summed E-state index contributed by atoms with van der Waals surface area (Å²) in [5, 5.41) is 4.55. The van der Waals surface area contributed by atoms with E-state index in [0.717, 1.165) is 45.4 Å². The Labute approximate surface area is 136 Å². The molecular weight excluding hydrogens is 384 g/mol. The molecule has 2 aromatic rings. The number of pyridine rings is 1. The van der Waals surface area contributed by atoms with Gasteiger partial charge in [-0.15, -0.1) is 0 Å². The van der Waals surface area contributed by atoms with Crippen molar-refractivity contribution in [3.8, 4) is 0 Å². The second kappa shape index (κ2) is 6.83. The van der Waals surface area contributed by atoms with Crippen LogP contribution in [0.4, 0.5) is 0 Å². The van der Waals surface area contributed by atoms with Crippen molar-refractivity contribution in [3.63, 3.8) is 0 Å². The van der Waals surface area contributed by atoms with E-state index in [0.29, 0.717) is 0 Å².